The van der Waals surface area contributed by atoms with Gasteiger partial charge in [-0.2, -0.15) is 0 Å². The Kier molecular flexibility index (Phi) is 5.88. The molecule has 1 aromatic carbocycles. The molecule has 1 rings (SSSR count). The molecule has 0 saturated carbocycles. The zero-order valence-electron chi connectivity index (χ0n) is 10.2. The summed E-state index contributed by atoms with van der Waals surface area (Å²) in [6, 6.07) is 3.99. The maximum absolute atomic E-state index is 13.7. The predicted octanol–water partition coefficient (Wildman–Crippen LogP) is 2.27. The Morgan fingerprint density at radius 3 is 2.47 bits per heavy atom. The van der Waals surface area contributed by atoms with E-state index >= 15 is 0 Å². The summed E-state index contributed by atoms with van der Waals surface area (Å²) in [5, 5.41) is 9.19. The number of benzene rings is 1. The zero-order valence-corrected chi connectivity index (χ0v) is 11.1. The molecule has 1 atom stereocenters. The Morgan fingerprint density at radius 2 is 2.06 bits per heavy atom. The molecule has 0 heterocycles. The van der Waals surface area contributed by atoms with Crippen molar-refractivity contribution in [2.75, 3.05) is 13.7 Å². The summed E-state index contributed by atoms with van der Waals surface area (Å²) < 4.78 is 18.6. The second kappa shape index (κ2) is 6.19. The number of hydrogen-bond acceptors (Lipinski definition) is 3. The summed E-state index contributed by atoms with van der Waals surface area (Å²) in [4.78, 5) is 0. The number of hydrogen-bond donors (Lipinski definition) is 2. The van der Waals surface area contributed by atoms with Crippen molar-refractivity contribution < 1.29 is 14.2 Å². The van der Waals surface area contributed by atoms with Gasteiger partial charge in [0.05, 0.1) is 7.11 Å². The minimum atomic E-state index is -0.560. The Balaban J connectivity index is 0.00000256. The van der Waals surface area contributed by atoms with Crippen LogP contribution in [0.25, 0.3) is 0 Å². The number of aliphatic hydroxyl groups is 1. The first kappa shape index (κ1) is 16.2. The standard InChI is InChI=1S/C12H18FNO2.ClH/c1-12(2,7-15)11(14)9-5-4-8(16-3)6-10(9)13;/h4-6,11,15H,7,14H2,1-3H3;1H/t11-;/m0./s1. The van der Waals surface area contributed by atoms with Gasteiger partial charge in [-0.3, -0.25) is 0 Å². The third kappa shape index (κ3) is 3.56. The van der Waals surface area contributed by atoms with Crippen molar-refractivity contribution in [2.45, 2.75) is 19.9 Å². The van der Waals surface area contributed by atoms with Crippen molar-refractivity contribution >= 4 is 12.4 Å². The topological polar surface area (TPSA) is 55.5 Å². The largest absolute Gasteiger partial charge is 0.497 e. The highest BCUT2D eigenvalue weighted by Crippen LogP contribution is 2.33. The molecule has 1 aromatic rings. The molecule has 0 fully saturated rings. The highest BCUT2D eigenvalue weighted by molar-refractivity contribution is 5.85. The van der Waals surface area contributed by atoms with Crippen LogP contribution >= 0.6 is 12.4 Å². The molecule has 3 N–H and O–H groups in total. The number of aliphatic hydroxyl groups excluding tert-OH is 1. The fourth-order valence-corrected chi connectivity index (χ4v) is 1.41. The van der Waals surface area contributed by atoms with Gasteiger partial charge in [-0.1, -0.05) is 19.9 Å². The van der Waals surface area contributed by atoms with E-state index < -0.39 is 17.3 Å². The molecule has 0 spiro atoms. The van der Waals surface area contributed by atoms with Crippen molar-refractivity contribution in [1.29, 1.82) is 0 Å². The number of methoxy groups -OCH3 is 1. The van der Waals surface area contributed by atoms with Crippen LogP contribution in [-0.2, 0) is 0 Å². The van der Waals surface area contributed by atoms with E-state index in [-0.39, 0.29) is 19.0 Å². The van der Waals surface area contributed by atoms with Crippen molar-refractivity contribution in [3.63, 3.8) is 0 Å². The quantitative estimate of drug-likeness (QED) is 0.876. The lowest BCUT2D eigenvalue weighted by Gasteiger charge is -2.30. The summed E-state index contributed by atoms with van der Waals surface area (Å²) in [6.45, 7) is 3.49. The van der Waals surface area contributed by atoms with Gasteiger partial charge in [0, 0.05) is 29.7 Å². The molecule has 0 bridgehead atoms. The second-order valence-corrected chi connectivity index (χ2v) is 4.51. The average molecular weight is 264 g/mol. The van der Waals surface area contributed by atoms with Crippen molar-refractivity contribution in [3.8, 4) is 5.75 Å². The summed E-state index contributed by atoms with van der Waals surface area (Å²) in [7, 11) is 1.48. The monoisotopic (exact) mass is 263 g/mol. The summed E-state index contributed by atoms with van der Waals surface area (Å²) in [5.41, 5.74) is 5.76. The van der Waals surface area contributed by atoms with Gasteiger partial charge in [-0.15, -0.1) is 12.4 Å². The van der Waals surface area contributed by atoms with E-state index in [0.29, 0.717) is 11.3 Å². The molecular formula is C12H19ClFNO2. The van der Waals surface area contributed by atoms with Crippen molar-refractivity contribution in [2.24, 2.45) is 11.1 Å². The highest BCUT2D eigenvalue weighted by Gasteiger charge is 2.29. The molecule has 17 heavy (non-hydrogen) atoms. The maximum atomic E-state index is 13.7. The van der Waals surface area contributed by atoms with Crippen LogP contribution in [-0.4, -0.2) is 18.8 Å². The van der Waals surface area contributed by atoms with E-state index in [2.05, 4.69) is 0 Å². The first-order valence-electron chi connectivity index (χ1n) is 5.12. The fourth-order valence-electron chi connectivity index (χ4n) is 1.41. The van der Waals surface area contributed by atoms with Crippen molar-refractivity contribution in [1.82, 2.24) is 0 Å². The lowest BCUT2D eigenvalue weighted by atomic mass is 9.81. The predicted molar refractivity (Wildman–Crippen MR) is 68.0 cm³/mol. The number of rotatable bonds is 4. The molecule has 98 valence electrons. The van der Waals surface area contributed by atoms with Gasteiger partial charge in [0.25, 0.3) is 0 Å². The molecule has 0 aliphatic heterocycles. The molecule has 0 aliphatic rings. The molecular weight excluding hydrogens is 245 g/mol. The Morgan fingerprint density at radius 1 is 1.47 bits per heavy atom. The smallest absolute Gasteiger partial charge is 0.131 e. The Labute approximate surface area is 107 Å². The SMILES string of the molecule is COc1ccc([C@H](N)C(C)(C)CO)c(F)c1.Cl. The lowest BCUT2D eigenvalue weighted by Crippen LogP contribution is -2.33. The fraction of sp³-hybridized carbons (Fsp3) is 0.500. The van der Waals surface area contributed by atoms with Gasteiger partial charge in [-0.05, 0) is 6.07 Å². The Bertz CT molecular complexity index is 372. The van der Waals surface area contributed by atoms with E-state index in [1.807, 2.05) is 0 Å². The molecule has 0 amide bonds. The van der Waals surface area contributed by atoms with Crippen molar-refractivity contribution in [3.05, 3.63) is 29.6 Å². The van der Waals surface area contributed by atoms with E-state index in [4.69, 9.17) is 10.5 Å². The second-order valence-electron chi connectivity index (χ2n) is 4.51. The molecule has 0 aliphatic carbocycles. The molecule has 0 radical (unpaired) electrons. The van der Waals surface area contributed by atoms with Crippen LogP contribution in [0.2, 0.25) is 0 Å². The maximum Gasteiger partial charge on any atom is 0.131 e. The third-order valence-corrected chi connectivity index (χ3v) is 2.79. The summed E-state index contributed by atoms with van der Waals surface area (Å²) in [6.07, 6.45) is 0. The van der Waals surface area contributed by atoms with Gasteiger partial charge < -0.3 is 15.6 Å². The number of ether oxygens (including phenoxy) is 1. The molecule has 0 aromatic heterocycles. The highest BCUT2D eigenvalue weighted by atomic mass is 35.5. The minimum absolute atomic E-state index is 0. The van der Waals surface area contributed by atoms with Gasteiger partial charge in [0.1, 0.15) is 11.6 Å². The van der Waals surface area contributed by atoms with Gasteiger partial charge in [-0.25, -0.2) is 4.39 Å². The van der Waals surface area contributed by atoms with Crippen LogP contribution in [0.3, 0.4) is 0 Å². The Hall–Kier alpha value is -0.840. The lowest BCUT2D eigenvalue weighted by molar-refractivity contribution is 0.131. The minimum Gasteiger partial charge on any atom is -0.497 e. The first-order chi connectivity index (χ1) is 7.42. The van der Waals surface area contributed by atoms with Crippen LogP contribution in [0.5, 0.6) is 5.75 Å². The van der Waals surface area contributed by atoms with Crippen LogP contribution in [0, 0.1) is 11.2 Å². The van der Waals surface area contributed by atoms with Crippen LogP contribution in [0.15, 0.2) is 18.2 Å². The van der Waals surface area contributed by atoms with E-state index in [1.54, 1.807) is 26.0 Å². The van der Waals surface area contributed by atoms with Gasteiger partial charge >= 0.3 is 0 Å². The summed E-state index contributed by atoms with van der Waals surface area (Å²) >= 11 is 0. The van der Waals surface area contributed by atoms with Crippen LogP contribution in [0.4, 0.5) is 4.39 Å². The van der Waals surface area contributed by atoms with Crippen LogP contribution in [0.1, 0.15) is 25.5 Å². The van der Waals surface area contributed by atoms with E-state index in [1.165, 1.54) is 13.2 Å². The van der Waals surface area contributed by atoms with E-state index in [9.17, 15) is 9.50 Å². The molecule has 0 unspecified atom stereocenters. The normalized spacial score (nSPS) is 12.8. The van der Waals surface area contributed by atoms with Gasteiger partial charge in [0.2, 0.25) is 0 Å². The van der Waals surface area contributed by atoms with E-state index in [0.717, 1.165) is 0 Å². The zero-order chi connectivity index (χ0) is 12.3. The molecule has 5 heteroatoms. The van der Waals surface area contributed by atoms with Crippen LogP contribution < -0.4 is 10.5 Å². The average Bonchev–Trinajstić information content (AvgIpc) is 2.28. The third-order valence-electron chi connectivity index (χ3n) is 2.79. The molecule has 0 saturated heterocycles. The van der Waals surface area contributed by atoms with Gasteiger partial charge in [0.15, 0.2) is 0 Å². The number of nitrogens with two attached hydrogens (primary N) is 1. The summed E-state index contributed by atoms with van der Waals surface area (Å²) in [5.74, 6) is 0.0450. The number of halogens is 2. The first-order valence-corrected chi connectivity index (χ1v) is 5.12. The molecule has 3 nitrogen and oxygen atoms in total.